The summed E-state index contributed by atoms with van der Waals surface area (Å²) in [5.74, 6) is 0.692. The molecule has 156 valence electrons. The third-order valence-electron chi connectivity index (χ3n) is 4.87. The van der Waals surface area contributed by atoms with Crippen LogP contribution in [0.3, 0.4) is 0 Å². The van der Waals surface area contributed by atoms with Gasteiger partial charge in [-0.15, -0.1) is 10.2 Å². The van der Waals surface area contributed by atoms with Crippen LogP contribution >= 0.6 is 12.6 Å². The minimum atomic E-state index is -4.55. The predicted molar refractivity (Wildman–Crippen MR) is 107 cm³/mol. The zero-order valence-corrected chi connectivity index (χ0v) is 16.9. The second-order valence-electron chi connectivity index (χ2n) is 7.11. The molecule has 0 atom stereocenters. The maximum absolute atomic E-state index is 13.0. The molecule has 28 heavy (non-hydrogen) atoms. The zero-order chi connectivity index (χ0) is 20.5. The largest absolute Gasteiger partial charge is 0.442 e. The molecule has 0 saturated heterocycles. The summed E-state index contributed by atoms with van der Waals surface area (Å²) < 4.78 is 38.9. The number of carbonyl (C=O) groups is 1. The van der Waals surface area contributed by atoms with Gasteiger partial charge in [-0.3, -0.25) is 4.79 Å². The molecule has 1 aliphatic heterocycles. The summed E-state index contributed by atoms with van der Waals surface area (Å²) in [6.45, 7) is 0.569. The number of hydrogen-bond acceptors (Lipinski definition) is 4. The lowest BCUT2D eigenvalue weighted by Gasteiger charge is -2.15. The van der Waals surface area contributed by atoms with Gasteiger partial charge in [0.2, 0.25) is 0 Å². The third-order valence-corrected chi connectivity index (χ3v) is 5.18. The van der Waals surface area contributed by atoms with Crippen LogP contribution in [0.5, 0.6) is 0 Å². The first kappa shape index (κ1) is 22.7. The van der Waals surface area contributed by atoms with E-state index in [9.17, 15) is 18.0 Å². The second-order valence-corrected chi connectivity index (χ2v) is 7.56. The molecular weight excluding hydrogens is 387 g/mol. The van der Waals surface area contributed by atoms with E-state index in [1.54, 1.807) is 0 Å². The number of rotatable bonds is 13. The molecule has 0 saturated carbocycles. The lowest BCUT2D eigenvalue weighted by molar-refractivity contribution is -0.166. The molecule has 0 radical (unpaired) electrons. The van der Waals surface area contributed by atoms with Gasteiger partial charge in [-0.1, -0.05) is 57.1 Å². The van der Waals surface area contributed by atoms with Crippen LogP contribution in [0.2, 0.25) is 0 Å². The van der Waals surface area contributed by atoms with E-state index in [1.165, 1.54) is 62.8 Å². The fraction of sp³-hybridized carbons (Fsp3) is 0.650. The molecule has 1 aromatic rings. The van der Waals surface area contributed by atoms with Crippen LogP contribution in [-0.2, 0) is 5.66 Å². The van der Waals surface area contributed by atoms with Crippen molar-refractivity contribution in [3.05, 3.63) is 35.4 Å². The van der Waals surface area contributed by atoms with Gasteiger partial charge in [0.25, 0.3) is 5.91 Å². The van der Waals surface area contributed by atoms with Crippen LogP contribution in [0.15, 0.2) is 34.5 Å². The van der Waals surface area contributed by atoms with E-state index in [1.807, 2.05) is 0 Å². The molecule has 0 aliphatic carbocycles. The Balaban J connectivity index is 1.59. The van der Waals surface area contributed by atoms with Gasteiger partial charge in [0.15, 0.2) is 0 Å². The number of alkyl halides is 3. The average molecular weight is 416 g/mol. The summed E-state index contributed by atoms with van der Waals surface area (Å²) in [5.41, 5.74) is -2.17. The Morgan fingerprint density at radius 2 is 1.39 bits per heavy atom. The van der Waals surface area contributed by atoms with Crippen molar-refractivity contribution in [2.24, 2.45) is 10.2 Å². The van der Waals surface area contributed by atoms with Crippen LogP contribution in [-0.4, -0.2) is 24.4 Å². The molecule has 8 heteroatoms. The molecule has 1 heterocycles. The van der Waals surface area contributed by atoms with Gasteiger partial charge in [-0.05, 0) is 30.7 Å². The van der Waals surface area contributed by atoms with Gasteiger partial charge in [0.05, 0.1) is 0 Å². The molecular formula is C20H28F3N3OS. The van der Waals surface area contributed by atoms with E-state index in [-0.39, 0.29) is 11.5 Å². The Bertz CT molecular complexity index is 641. The minimum absolute atomic E-state index is 0.0674. The van der Waals surface area contributed by atoms with Crippen molar-refractivity contribution in [3.8, 4) is 0 Å². The lowest BCUT2D eigenvalue weighted by atomic mass is 10.0. The Morgan fingerprint density at radius 1 is 0.893 bits per heavy atom. The molecule has 0 spiro atoms. The fourth-order valence-corrected chi connectivity index (χ4v) is 3.30. The van der Waals surface area contributed by atoms with Crippen molar-refractivity contribution in [1.29, 1.82) is 0 Å². The van der Waals surface area contributed by atoms with E-state index in [0.29, 0.717) is 12.1 Å². The molecule has 1 amide bonds. The first-order valence-electron chi connectivity index (χ1n) is 9.91. The zero-order valence-electron chi connectivity index (χ0n) is 16.0. The number of unbranched alkanes of at least 4 members (excludes halogenated alkanes) is 8. The molecule has 2 rings (SSSR count). The van der Waals surface area contributed by atoms with Gasteiger partial charge >= 0.3 is 11.8 Å². The van der Waals surface area contributed by atoms with Crippen molar-refractivity contribution < 1.29 is 18.0 Å². The van der Waals surface area contributed by atoms with Crippen LogP contribution in [0.4, 0.5) is 13.2 Å². The van der Waals surface area contributed by atoms with E-state index in [2.05, 4.69) is 28.2 Å². The van der Waals surface area contributed by atoms with E-state index >= 15 is 0 Å². The lowest BCUT2D eigenvalue weighted by Crippen LogP contribution is -2.30. The van der Waals surface area contributed by atoms with Crippen molar-refractivity contribution in [2.45, 2.75) is 69.6 Å². The van der Waals surface area contributed by atoms with Crippen LogP contribution in [0.1, 0.15) is 73.7 Å². The highest BCUT2D eigenvalue weighted by atomic mass is 32.1. The van der Waals surface area contributed by atoms with Crippen molar-refractivity contribution >= 4 is 18.5 Å². The van der Waals surface area contributed by atoms with Gasteiger partial charge in [0.1, 0.15) is 0 Å². The SMILES string of the molecule is O=C(NCCCCCCCCCCCS)c1ccc(C2(C(F)(F)F)N=N2)cc1. The Morgan fingerprint density at radius 3 is 1.86 bits per heavy atom. The number of benzene rings is 1. The molecule has 1 aromatic carbocycles. The number of nitrogens with zero attached hydrogens (tertiary/aromatic N) is 2. The maximum Gasteiger partial charge on any atom is 0.442 e. The Kier molecular flexibility index (Phi) is 8.79. The summed E-state index contributed by atoms with van der Waals surface area (Å²) in [7, 11) is 0. The average Bonchev–Trinajstić information content (AvgIpc) is 3.48. The van der Waals surface area contributed by atoms with Crippen LogP contribution in [0, 0.1) is 0 Å². The normalized spacial score (nSPS) is 14.9. The van der Waals surface area contributed by atoms with Gasteiger partial charge in [-0.25, -0.2) is 0 Å². The monoisotopic (exact) mass is 415 g/mol. The topological polar surface area (TPSA) is 53.8 Å². The minimum Gasteiger partial charge on any atom is -0.352 e. The molecule has 0 bridgehead atoms. The van der Waals surface area contributed by atoms with Crippen molar-refractivity contribution in [2.75, 3.05) is 12.3 Å². The van der Waals surface area contributed by atoms with Crippen LogP contribution < -0.4 is 5.32 Å². The molecule has 0 unspecified atom stereocenters. The first-order chi connectivity index (χ1) is 13.4. The molecule has 1 N–H and O–H groups in total. The first-order valence-corrected chi connectivity index (χ1v) is 10.5. The number of nitrogens with one attached hydrogen (secondary N) is 1. The van der Waals surface area contributed by atoms with Gasteiger partial charge in [-0.2, -0.15) is 25.8 Å². The maximum atomic E-state index is 13.0. The number of amides is 1. The number of carbonyl (C=O) groups excluding carboxylic acids is 1. The number of hydrogen-bond donors (Lipinski definition) is 2. The smallest absolute Gasteiger partial charge is 0.352 e. The second kappa shape index (κ2) is 10.8. The standard InChI is InChI=1S/C20H28F3N3OS/c21-20(22,23)19(25-26-19)17-12-10-16(11-13-17)18(27)24-14-8-6-4-2-1-3-5-7-9-15-28/h10-13,28H,1-9,14-15H2,(H,24,27). The van der Waals surface area contributed by atoms with Crippen molar-refractivity contribution in [3.63, 3.8) is 0 Å². The predicted octanol–water partition coefficient (Wildman–Crippen LogP) is 6.04. The van der Waals surface area contributed by atoms with E-state index < -0.39 is 11.8 Å². The van der Waals surface area contributed by atoms with Gasteiger partial charge < -0.3 is 5.32 Å². The summed E-state index contributed by atoms with van der Waals surface area (Å²) in [6, 6.07) is 5.29. The summed E-state index contributed by atoms with van der Waals surface area (Å²) in [5, 5.41) is 9.12. The summed E-state index contributed by atoms with van der Waals surface area (Å²) >= 11 is 4.20. The van der Waals surface area contributed by atoms with Gasteiger partial charge in [0, 0.05) is 17.7 Å². The van der Waals surface area contributed by atoms with E-state index in [0.717, 1.165) is 25.0 Å². The highest BCUT2D eigenvalue weighted by Crippen LogP contribution is 2.52. The highest BCUT2D eigenvalue weighted by Gasteiger charge is 2.65. The quantitative estimate of drug-likeness (QED) is 0.300. The van der Waals surface area contributed by atoms with Crippen molar-refractivity contribution in [1.82, 2.24) is 5.32 Å². The fourth-order valence-electron chi connectivity index (χ4n) is 3.07. The van der Waals surface area contributed by atoms with E-state index in [4.69, 9.17) is 0 Å². The summed E-state index contributed by atoms with van der Waals surface area (Å²) in [6.07, 6.45) is 6.05. The summed E-state index contributed by atoms with van der Waals surface area (Å²) in [4.78, 5) is 12.1. The molecule has 1 aliphatic rings. The number of halogens is 3. The molecule has 0 aromatic heterocycles. The Hall–Kier alpha value is -1.57. The molecule has 0 fully saturated rings. The number of thiol groups is 1. The molecule has 4 nitrogen and oxygen atoms in total. The highest BCUT2D eigenvalue weighted by molar-refractivity contribution is 7.80. The van der Waals surface area contributed by atoms with Crippen LogP contribution in [0.25, 0.3) is 0 Å². The Labute approximate surface area is 169 Å². The third kappa shape index (κ3) is 6.50.